The quantitative estimate of drug-likeness (QED) is 0.792. The van der Waals surface area contributed by atoms with Crippen molar-refractivity contribution < 1.29 is 23.6 Å². The summed E-state index contributed by atoms with van der Waals surface area (Å²) in [5.74, 6) is -0.230. The van der Waals surface area contributed by atoms with Crippen LogP contribution >= 0.6 is 0 Å². The smallest absolute Gasteiger partial charge is 0.317 e. The summed E-state index contributed by atoms with van der Waals surface area (Å²) >= 11 is 0. The van der Waals surface area contributed by atoms with Gasteiger partial charge in [-0.3, -0.25) is 14.5 Å². The molecule has 1 fully saturated rings. The highest BCUT2D eigenvalue weighted by atomic mass is 16.5. The molecule has 0 unspecified atom stereocenters. The number of likely N-dealkylation sites (N-methyl/N-ethyl adjacent to an activating group) is 1. The fourth-order valence-electron chi connectivity index (χ4n) is 2.85. The van der Waals surface area contributed by atoms with Crippen LogP contribution in [0.5, 0.6) is 0 Å². The minimum atomic E-state index is -0.836. The molecule has 24 heavy (non-hydrogen) atoms. The molecule has 8 heteroatoms. The summed E-state index contributed by atoms with van der Waals surface area (Å²) in [5.41, 5.74) is 0.197. The molecule has 0 bridgehead atoms. The van der Waals surface area contributed by atoms with E-state index in [4.69, 9.17) is 14.0 Å². The molecule has 2 aromatic rings. The van der Waals surface area contributed by atoms with Gasteiger partial charge in [-0.25, -0.2) is 0 Å². The van der Waals surface area contributed by atoms with Crippen molar-refractivity contribution in [3.05, 3.63) is 30.2 Å². The minimum absolute atomic E-state index is 0.0223. The largest absolute Gasteiger partial charge is 0.480 e. The average Bonchev–Trinajstić information content (AvgIpc) is 3.18. The Bertz CT molecular complexity index is 703. The first-order chi connectivity index (χ1) is 11.6. The number of hydrogen-bond donors (Lipinski definition) is 2. The molecular formula is C16H19N3O5. The molecule has 1 aliphatic carbocycles. The maximum atomic E-state index is 12.2. The highest BCUT2D eigenvalue weighted by Crippen LogP contribution is 2.26. The number of aromatic nitrogens is 1. The predicted octanol–water partition coefficient (Wildman–Crippen LogP) is 1.60. The molecular weight excluding hydrogens is 314 g/mol. The summed E-state index contributed by atoms with van der Waals surface area (Å²) in [6.07, 6.45) is 2.98. The van der Waals surface area contributed by atoms with E-state index in [0.29, 0.717) is 18.1 Å². The van der Waals surface area contributed by atoms with E-state index < -0.39 is 5.97 Å². The third-order valence-corrected chi connectivity index (χ3v) is 4.22. The number of carbonyl (C=O) groups excluding carboxylic acids is 1. The van der Waals surface area contributed by atoms with Crippen LogP contribution in [0.2, 0.25) is 0 Å². The molecule has 8 nitrogen and oxygen atoms in total. The van der Waals surface area contributed by atoms with Gasteiger partial charge in [0, 0.05) is 18.2 Å². The Kier molecular flexibility index (Phi) is 4.66. The first-order valence-corrected chi connectivity index (χ1v) is 7.84. The molecule has 2 N–H and O–H groups in total. The second kappa shape index (κ2) is 6.88. The highest BCUT2D eigenvalue weighted by Gasteiger charge is 2.35. The van der Waals surface area contributed by atoms with E-state index in [1.165, 1.54) is 12.3 Å². The van der Waals surface area contributed by atoms with Gasteiger partial charge in [0.15, 0.2) is 11.5 Å². The van der Waals surface area contributed by atoms with Crippen molar-refractivity contribution in [3.8, 4) is 11.5 Å². The van der Waals surface area contributed by atoms with Gasteiger partial charge < -0.3 is 19.4 Å². The molecule has 1 aliphatic rings. The van der Waals surface area contributed by atoms with Gasteiger partial charge in [0.2, 0.25) is 5.76 Å². The Morgan fingerprint density at radius 3 is 2.83 bits per heavy atom. The number of amides is 1. The molecule has 0 atom stereocenters. The number of carboxylic acids is 1. The Morgan fingerprint density at radius 2 is 2.21 bits per heavy atom. The summed E-state index contributed by atoms with van der Waals surface area (Å²) in [7, 11) is 0. The highest BCUT2D eigenvalue weighted by molar-refractivity contribution is 5.93. The molecule has 0 aromatic carbocycles. The van der Waals surface area contributed by atoms with Gasteiger partial charge in [0.1, 0.15) is 0 Å². The normalized spacial score (nSPS) is 19.9. The van der Waals surface area contributed by atoms with E-state index in [-0.39, 0.29) is 30.2 Å². The van der Waals surface area contributed by atoms with Crippen molar-refractivity contribution in [1.29, 1.82) is 0 Å². The standard InChI is InChI=1S/C16H19N3O5/c1-2-19(9-15(20)21)11-6-10(7-11)17-16(22)12-8-14(24-18-12)13-4-3-5-23-13/h3-5,8,10-11H,2,6-7,9H2,1H3,(H,17,22)(H,20,21). The molecule has 0 saturated heterocycles. The minimum Gasteiger partial charge on any atom is -0.480 e. The fraction of sp³-hybridized carbons (Fsp3) is 0.438. The maximum absolute atomic E-state index is 12.2. The summed E-state index contributed by atoms with van der Waals surface area (Å²) in [6, 6.07) is 5.19. The number of carbonyl (C=O) groups is 2. The molecule has 0 radical (unpaired) electrons. The number of furan rings is 1. The van der Waals surface area contributed by atoms with Gasteiger partial charge in [-0.2, -0.15) is 0 Å². The van der Waals surface area contributed by atoms with Gasteiger partial charge in [-0.15, -0.1) is 0 Å². The van der Waals surface area contributed by atoms with E-state index in [1.807, 2.05) is 11.8 Å². The molecule has 3 rings (SSSR count). The first-order valence-electron chi connectivity index (χ1n) is 7.84. The average molecular weight is 333 g/mol. The van der Waals surface area contributed by atoms with Crippen LogP contribution in [0.25, 0.3) is 11.5 Å². The third kappa shape index (κ3) is 3.48. The van der Waals surface area contributed by atoms with Crippen LogP contribution in [-0.4, -0.2) is 52.2 Å². The van der Waals surface area contributed by atoms with E-state index in [1.54, 1.807) is 12.1 Å². The predicted molar refractivity (Wildman–Crippen MR) is 83.4 cm³/mol. The molecule has 1 saturated carbocycles. The molecule has 0 spiro atoms. The van der Waals surface area contributed by atoms with Crippen LogP contribution in [0, 0.1) is 0 Å². The number of nitrogens with zero attached hydrogens (tertiary/aromatic N) is 2. The van der Waals surface area contributed by atoms with E-state index in [9.17, 15) is 9.59 Å². The number of aliphatic carboxylic acids is 1. The molecule has 128 valence electrons. The van der Waals surface area contributed by atoms with Gasteiger partial charge >= 0.3 is 5.97 Å². The van der Waals surface area contributed by atoms with Crippen molar-refractivity contribution in [2.45, 2.75) is 31.8 Å². The van der Waals surface area contributed by atoms with Crippen molar-refractivity contribution >= 4 is 11.9 Å². The van der Waals surface area contributed by atoms with Crippen molar-refractivity contribution in [3.63, 3.8) is 0 Å². The van der Waals surface area contributed by atoms with Crippen LogP contribution in [0.1, 0.15) is 30.3 Å². The van der Waals surface area contributed by atoms with Gasteiger partial charge in [0.25, 0.3) is 5.91 Å². The van der Waals surface area contributed by atoms with E-state index in [2.05, 4.69) is 10.5 Å². The number of nitrogens with one attached hydrogen (secondary N) is 1. The summed E-state index contributed by atoms with van der Waals surface area (Å²) < 4.78 is 10.3. The summed E-state index contributed by atoms with van der Waals surface area (Å²) in [5, 5.41) is 15.5. The van der Waals surface area contributed by atoms with Gasteiger partial charge in [-0.1, -0.05) is 12.1 Å². The van der Waals surface area contributed by atoms with Crippen LogP contribution in [0.3, 0.4) is 0 Å². The van der Waals surface area contributed by atoms with Crippen molar-refractivity contribution in [1.82, 2.24) is 15.4 Å². The molecule has 2 aromatic heterocycles. The zero-order valence-corrected chi connectivity index (χ0v) is 13.3. The van der Waals surface area contributed by atoms with Gasteiger partial charge in [0.05, 0.1) is 12.8 Å². The zero-order valence-electron chi connectivity index (χ0n) is 13.3. The molecule has 1 amide bonds. The zero-order chi connectivity index (χ0) is 17.1. The second-order valence-electron chi connectivity index (χ2n) is 5.81. The number of hydrogen-bond acceptors (Lipinski definition) is 6. The molecule has 0 aliphatic heterocycles. The Labute approximate surface area is 138 Å². The SMILES string of the molecule is CCN(CC(=O)O)C1CC(NC(=O)c2cc(-c3ccco3)on2)C1. The van der Waals surface area contributed by atoms with Crippen molar-refractivity contribution in [2.24, 2.45) is 0 Å². The van der Waals surface area contributed by atoms with Crippen molar-refractivity contribution in [2.75, 3.05) is 13.1 Å². The lowest BCUT2D eigenvalue weighted by Crippen LogP contribution is -2.54. The van der Waals surface area contributed by atoms with Crippen LogP contribution in [0.4, 0.5) is 0 Å². The number of rotatable bonds is 7. The van der Waals surface area contributed by atoms with E-state index in [0.717, 1.165) is 12.8 Å². The fourth-order valence-corrected chi connectivity index (χ4v) is 2.85. The summed E-state index contributed by atoms with van der Waals surface area (Å²) in [6.45, 7) is 2.63. The lowest BCUT2D eigenvalue weighted by atomic mass is 9.85. The second-order valence-corrected chi connectivity index (χ2v) is 5.81. The molecule has 2 heterocycles. The lowest BCUT2D eigenvalue weighted by Gasteiger charge is -2.42. The Morgan fingerprint density at radius 1 is 1.42 bits per heavy atom. The topological polar surface area (TPSA) is 109 Å². The van der Waals surface area contributed by atoms with Gasteiger partial charge in [-0.05, 0) is 31.5 Å². The van der Waals surface area contributed by atoms with Crippen LogP contribution < -0.4 is 5.32 Å². The Balaban J connectivity index is 1.51. The monoisotopic (exact) mass is 333 g/mol. The third-order valence-electron chi connectivity index (χ3n) is 4.22. The maximum Gasteiger partial charge on any atom is 0.317 e. The summed E-state index contributed by atoms with van der Waals surface area (Å²) in [4.78, 5) is 24.9. The lowest BCUT2D eigenvalue weighted by molar-refractivity contribution is -0.139. The number of carboxylic acid groups (broad SMARTS) is 1. The van der Waals surface area contributed by atoms with E-state index >= 15 is 0 Å². The first kappa shape index (κ1) is 16.3. The Hall–Kier alpha value is -2.61. The van der Waals surface area contributed by atoms with Crippen LogP contribution in [0.15, 0.2) is 33.4 Å². The van der Waals surface area contributed by atoms with Crippen LogP contribution in [-0.2, 0) is 4.79 Å².